The van der Waals surface area contributed by atoms with E-state index in [1.165, 1.54) is 0 Å². The van der Waals surface area contributed by atoms with Crippen molar-refractivity contribution >= 4 is 11.6 Å². The molecule has 0 aliphatic carbocycles. The largest absolute Gasteiger partial charge is 0.376 e. The molecule has 7 heteroatoms. The van der Waals surface area contributed by atoms with Crippen LogP contribution in [-0.2, 0) is 17.7 Å². The molecule has 1 aromatic rings. The van der Waals surface area contributed by atoms with Crippen LogP contribution in [0.1, 0.15) is 29.5 Å². The molecule has 2 aliphatic heterocycles. The highest BCUT2D eigenvalue weighted by molar-refractivity contribution is 5.66. The zero-order valence-corrected chi connectivity index (χ0v) is 16.1. The third-order valence-corrected chi connectivity index (χ3v) is 5.07. The lowest BCUT2D eigenvalue weighted by molar-refractivity contribution is 0.120. The minimum atomic E-state index is 0.259. The molecule has 2 aliphatic rings. The van der Waals surface area contributed by atoms with Crippen LogP contribution in [0.5, 0.6) is 0 Å². The average molecular weight is 358 g/mol. The van der Waals surface area contributed by atoms with Crippen molar-refractivity contribution in [1.82, 2.24) is 14.8 Å². The summed E-state index contributed by atoms with van der Waals surface area (Å²) < 4.78 is 5.73. The molecule has 0 spiro atoms. The summed E-state index contributed by atoms with van der Waals surface area (Å²) in [7, 11) is 6.19. The number of hydrogen-bond donors (Lipinski definition) is 2. The molecule has 0 radical (unpaired) electrons. The Hall–Kier alpha value is -1.88. The fraction of sp³-hybridized carbons (Fsp3) is 0.684. The predicted octanol–water partition coefficient (Wildman–Crippen LogP) is 1.51. The van der Waals surface area contributed by atoms with Gasteiger partial charge in [-0.15, -0.1) is 0 Å². The van der Waals surface area contributed by atoms with E-state index < -0.39 is 0 Å². The number of likely N-dealkylation sites (N-methyl/N-ethyl adjacent to an activating group) is 2. The highest BCUT2D eigenvalue weighted by Gasteiger charge is 2.25. The molecular formula is C19H30N6O. The summed E-state index contributed by atoms with van der Waals surface area (Å²) in [6, 6.07) is 2.39. The first-order valence-electron chi connectivity index (χ1n) is 9.47. The number of pyridine rings is 1. The number of hydrogen-bond acceptors (Lipinski definition) is 7. The van der Waals surface area contributed by atoms with Crippen LogP contribution in [0.15, 0.2) is 0 Å². The Labute approximate surface area is 156 Å². The number of rotatable bonds is 7. The highest BCUT2D eigenvalue weighted by atomic mass is 16.5. The van der Waals surface area contributed by atoms with E-state index in [1.54, 1.807) is 0 Å². The molecule has 26 heavy (non-hydrogen) atoms. The maximum Gasteiger partial charge on any atom is 0.146 e. The predicted molar refractivity (Wildman–Crippen MR) is 103 cm³/mol. The lowest BCUT2D eigenvalue weighted by atomic mass is 9.96. The Kier molecular flexibility index (Phi) is 6.30. The summed E-state index contributed by atoms with van der Waals surface area (Å²) in [4.78, 5) is 9.20. The molecule has 7 nitrogen and oxygen atoms in total. The number of fused-ring (bicyclic) bond motifs is 1. The van der Waals surface area contributed by atoms with Crippen molar-refractivity contribution in [3.8, 4) is 6.07 Å². The summed E-state index contributed by atoms with van der Waals surface area (Å²) in [5.41, 5.74) is 3.00. The fourth-order valence-electron chi connectivity index (χ4n) is 3.58. The molecule has 0 unspecified atom stereocenters. The maximum atomic E-state index is 9.75. The first kappa shape index (κ1) is 18.9. The zero-order chi connectivity index (χ0) is 18.5. The van der Waals surface area contributed by atoms with Crippen LogP contribution in [0.4, 0.5) is 11.6 Å². The second kappa shape index (κ2) is 8.67. The van der Waals surface area contributed by atoms with Crippen LogP contribution in [0, 0.1) is 11.3 Å². The normalized spacial score (nSPS) is 20.0. The van der Waals surface area contributed by atoms with Crippen LogP contribution in [-0.4, -0.2) is 74.8 Å². The number of nitriles is 1. The van der Waals surface area contributed by atoms with Gasteiger partial charge in [-0.1, -0.05) is 0 Å². The number of ether oxygens (including phenoxy) is 1. The molecule has 0 bridgehead atoms. The summed E-state index contributed by atoms with van der Waals surface area (Å²) in [5.74, 6) is 1.60. The van der Waals surface area contributed by atoms with Gasteiger partial charge in [-0.25, -0.2) is 4.98 Å². The summed E-state index contributed by atoms with van der Waals surface area (Å²) in [6.07, 6.45) is 3.37. The number of aromatic nitrogens is 1. The molecule has 1 fully saturated rings. The number of nitrogens with zero attached hydrogens (tertiary/aromatic N) is 4. The molecule has 1 atom stereocenters. The van der Waals surface area contributed by atoms with Gasteiger partial charge in [-0.05, 0) is 46.0 Å². The third-order valence-electron chi connectivity index (χ3n) is 5.07. The van der Waals surface area contributed by atoms with E-state index in [-0.39, 0.29) is 6.10 Å². The standard InChI is InChI=1S/C19H30N6O/c1-24(2)9-7-21-18-16(11-20)15-6-8-25(3)13-17(15)19(23-18)22-12-14-5-4-10-26-14/h14H,4-10,12-13H2,1-3H3,(H2,21,22,23)/t14-/m1/s1. The second-order valence-corrected chi connectivity index (χ2v) is 7.49. The van der Waals surface area contributed by atoms with Crippen LogP contribution < -0.4 is 10.6 Å². The van der Waals surface area contributed by atoms with E-state index in [0.717, 1.165) is 75.5 Å². The van der Waals surface area contributed by atoms with Crippen molar-refractivity contribution in [2.45, 2.75) is 31.9 Å². The van der Waals surface area contributed by atoms with E-state index in [9.17, 15) is 5.26 Å². The van der Waals surface area contributed by atoms with Gasteiger partial charge in [0.25, 0.3) is 0 Å². The zero-order valence-electron chi connectivity index (χ0n) is 16.1. The Morgan fingerprint density at radius 3 is 2.85 bits per heavy atom. The molecule has 1 saturated heterocycles. The van der Waals surface area contributed by atoms with Gasteiger partial charge in [-0.3, -0.25) is 0 Å². The second-order valence-electron chi connectivity index (χ2n) is 7.49. The van der Waals surface area contributed by atoms with Crippen LogP contribution >= 0.6 is 0 Å². The SMILES string of the molecule is CN(C)CCNc1nc(NC[C@H]2CCCO2)c2c(c1C#N)CCN(C)C2. The van der Waals surface area contributed by atoms with Crippen molar-refractivity contribution in [1.29, 1.82) is 5.26 Å². The van der Waals surface area contributed by atoms with E-state index in [0.29, 0.717) is 11.4 Å². The Morgan fingerprint density at radius 2 is 2.15 bits per heavy atom. The Bertz CT molecular complexity index is 663. The molecule has 0 saturated carbocycles. The van der Waals surface area contributed by atoms with Gasteiger partial charge in [0.15, 0.2) is 0 Å². The minimum absolute atomic E-state index is 0.259. The van der Waals surface area contributed by atoms with Crippen molar-refractivity contribution < 1.29 is 4.74 Å². The topological polar surface area (TPSA) is 76.5 Å². The van der Waals surface area contributed by atoms with Crippen molar-refractivity contribution in [2.24, 2.45) is 0 Å². The van der Waals surface area contributed by atoms with Crippen LogP contribution in [0.2, 0.25) is 0 Å². The fourth-order valence-corrected chi connectivity index (χ4v) is 3.58. The van der Waals surface area contributed by atoms with E-state index in [2.05, 4.69) is 33.6 Å². The van der Waals surface area contributed by atoms with Gasteiger partial charge >= 0.3 is 0 Å². The molecule has 1 aromatic heterocycles. The quantitative estimate of drug-likeness (QED) is 0.765. The van der Waals surface area contributed by atoms with Crippen LogP contribution in [0.25, 0.3) is 0 Å². The molecule has 142 valence electrons. The van der Waals surface area contributed by atoms with E-state index >= 15 is 0 Å². The van der Waals surface area contributed by atoms with E-state index in [4.69, 9.17) is 9.72 Å². The van der Waals surface area contributed by atoms with Crippen molar-refractivity contribution in [3.63, 3.8) is 0 Å². The summed E-state index contributed by atoms with van der Waals surface area (Å²) in [6.45, 7) is 5.07. The third kappa shape index (κ3) is 4.44. The summed E-state index contributed by atoms with van der Waals surface area (Å²) >= 11 is 0. The Balaban J connectivity index is 1.86. The molecule has 3 rings (SSSR count). The van der Waals surface area contributed by atoms with Crippen molar-refractivity contribution in [2.75, 3.05) is 64.6 Å². The monoisotopic (exact) mass is 358 g/mol. The first-order valence-corrected chi connectivity index (χ1v) is 9.47. The van der Waals surface area contributed by atoms with Gasteiger partial charge in [0, 0.05) is 44.9 Å². The highest BCUT2D eigenvalue weighted by Crippen LogP contribution is 2.31. The average Bonchev–Trinajstić information content (AvgIpc) is 3.13. The van der Waals surface area contributed by atoms with Crippen LogP contribution in [0.3, 0.4) is 0 Å². The molecule has 0 amide bonds. The lowest BCUT2D eigenvalue weighted by Crippen LogP contribution is -2.30. The minimum Gasteiger partial charge on any atom is -0.376 e. The van der Waals surface area contributed by atoms with Gasteiger partial charge in [0.2, 0.25) is 0 Å². The van der Waals surface area contributed by atoms with Gasteiger partial charge < -0.3 is 25.2 Å². The number of anilines is 2. The van der Waals surface area contributed by atoms with Gasteiger partial charge in [-0.2, -0.15) is 5.26 Å². The molecule has 3 heterocycles. The number of nitrogens with one attached hydrogen (secondary N) is 2. The Morgan fingerprint density at radius 1 is 1.31 bits per heavy atom. The maximum absolute atomic E-state index is 9.75. The smallest absolute Gasteiger partial charge is 0.146 e. The van der Waals surface area contributed by atoms with Gasteiger partial charge in [0.1, 0.15) is 17.7 Å². The molecule has 0 aromatic carbocycles. The molecule has 2 N–H and O–H groups in total. The molecular weight excluding hydrogens is 328 g/mol. The van der Waals surface area contributed by atoms with E-state index in [1.807, 2.05) is 14.1 Å². The lowest BCUT2D eigenvalue weighted by Gasteiger charge is -2.29. The first-order chi connectivity index (χ1) is 12.6. The summed E-state index contributed by atoms with van der Waals surface area (Å²) in [5, 5.41) is 16.6. The van der Waals surface area contributed by atoms with Crippen molar-refractivity contribution in [3.05, 3.63) is 16.7 Å². The van der Waals surface area contributed by atoms with Gasteiger partial charge in [0.05, 0.1) is 11.7 Å².